The molecule has 1 aliphatic heterocycles. The molecule has 1 aliphatic rings. The summed E-state index contributed by atoms with van der Waals surface area (Å²) in [7, 11) is 0. The van der Waals surface area contributed by atoms with Gasteiger partial charge in [0.05, 0.1) is 12.6 Å². The Morgan fingerprint density at radius 1 is 0.857 bits per heavy atom. The highest BCUT2D eigenvalue weighted by Gasteiger charge is 2.27. The number of rotatable bonds is 7. The lowest BCUT2D eigenvalue weighted by Gasteiger charge is -2.39. The van der Waals surface area contributed by atoms with E-state index in [0.29, 0.717) is 29.4 Å². The molecular weight excluding hydrogens is 450 g/mol. The maximum absolute atomic E-state index is 13.6. The van der Waals surface area contributed by atoms with Crippen molar-refractivity contribution in [2.24, 2.45) is 0 Å². The zero-order valence-corrected chi connectivity index (χ0v) is 19.0. The largest absolute Gasteiger partial charge is 0.338 e. The molecule has 0 N–H and O–H groups in total. The monoisotopic (exact) mass is 474 g/mol. The second kappa shape index (κ2) is 10.2. The Balaban J connectivity index is 1.28. The van der Waals surface area contributed by atoms with E-state index in [1.807, 2.05) is 6.07 Å². The number of hydrogen-bond donors (Lipinski definition) is 0. The maximum atomic E-state index is 13.6. The van der Waals surface area contributed by atoms with Gasteiger partial charge in [0.25, 0.3) is 0 Å². The average Bonchev–Trinajstić information content (AvgIpc) is 3.35. The van der Waals surface area contributed by atoms with Gasteiger partial charge >= 0.3 is 0 Å². The lowest BCUT2D eigenvalue weighted by molar-refractivity contribution is 0.0966. The van der Waals surface area contributed by atoms with Gasteiger partial charge < -0.3 is 4.52 Å². The van der Waals surface area contributed by atoms with Crippen molar-refractivity contribution in [3.05, 3.63) is 107 Å². The number of hydrogen-bond acceptors (Lipinski definition) is 6. The van der Waals surface area contributed by atoms with E-state index in [-0.39, 0.29) is 17.7 Å². The molecule has 0 amide bonds. The minimum absolute atomic E-state index is 0.104. The van der Waals surface area contributed by atoms with Crippen LogP contribution in [-0.4, -0.2) is 52.4 Å². The molecule has 0 spiro atoms. The molecular formula is C27H24F2N4O2. The van der Waals surface area contributed by atoms with Crippen LogP contribution in [-0.2, 0) is 6.54 Å². The molecule has 1 aromatic heterocycles. The zero-order chi connectivity index (χ0) is 24.2. The highest BCUT2D eigenvalue weighted by Crippen LogP contribution is 2.30. The molecule has 1 saturated heterocycles. The third-order valence-corrected chi connectivity index (χ3v) is 6.30. The van der Waals surface area contributed by atoms with Crippen molar-refractivity contribution in [2.45, 2.75) is 12.6 Å². The van der Waals surface area contributed by atoms with E-state index in [1.165, 1.54) is 24.3 Å². The van der Waals surface area contributed by atoms with Gasteiger partial charge in [-0.15, -0.1) is 0 Å². The Kier molecular flexibility index (Phi) is 6.74. The predicted octanol–water partition coefficient (Wildman–Crippen LogP) is 4.73. The Bertz CT molecular complexity index is 1240. The Hall–Kier alpha value is -3.75. The number of carbonyl (C=O) groups is 1. The van der Waals surface area contributed by atoms with E-state index in [0.717, 1.165) is 43.6 Å². The summed E-state index contributed by atoms with van der Waals surface area (Å²) in [5, 5.41) is 4.05. The Labute approximate surface area is 201 Å². The third kappa shape index (κ3) is 5.18. The molecule has 0 saturated carbocycles. The van der Waals surface area contributed by atoms with E-state index in [1.54, 1.807) is 42.5 Å². The van der Waals surface area contributed by atoms with Crippen LogP contribution in [0, 0.1) is 11.6 Å². The number of piperazine rings is 1. The van der Waals surface area contributed by atoms with Gasteiger partial charge in [-0.25, -0.2) is 8.78 Å². The minimum Gasteiger partial charge on any atom is -0.338 e. The van der Waals surface area contributed by atoms with Gasteiger partial charge in [-0.05, 0) is 35.4 Å². The van der Waals surface area contributed by atoms with Crippen LogP contribution >= 0.6 is 0 Å². The van der Waals surface area contributed by atoms with Crippen molar-refractivity contribution in [3.8, 4) is 11.4 Å². The summed E-state index contributed by atoms with van der Waals surface area (Å²) in [5.41, 5.74) is 3.08. The van der Waals surface area contributed by atoms with E-state index >= 15 is 0 Å². The molecule has 3 aromatic carbocycles. The molecule has 2 heterocycles. The van der Waals surface area contributed by atoms with E-state index in [4.69, 9.17) is 4.52 Å². The van der Waals surface area contributed by atoms with Crippen molar-refractivity contribution in [3.63, 3.8) is 0 Å². The van der Waals surface area contributed by atoms with Gasteiger partial charge in [0.1, 0.15) is 11.6 Å². The summed E-state index contributed by atoms with van der Waals surface area (Å²) < 4.78 is 32.6. The smallest absolute Gasteiger partial charge is 0.241 e. The van der Waals surface area contributed by atoms with Crippen molar-refractivity contribution >= 4 is 6.29 Å². The van der Waals surface area contributed by atoms with Crippen LogP contribution in [0.3, 0.4) is 0 Å². The van der Waals surface area contributed by atoms with E-state index < -0.39 is 0 Å². The van der Waals surface area contributed by atoms with Gasteiger partial charge in [0, 0.05) is 37.3 Å². The van der Waals surface area contributed by atoms with Crippen molar-refractivity contribution in [2.75, 3.05) is 26.2 Å². The number of nitrogens with zero attached hydrogens (tertiary/aromatic N) is 4. The predicted molar refractivity (Wildman–Crippen MR) is 127 cm³/mol. The fraction of sp³-hybridized carbons (Fsp3) is 0.222. The first-order chi connectivity index (χ1) is 17.1. The second-order valence-corrected chi connectivity index (χ2v) is 8.53. The summed E-state index contributed by atoms with van der Waals surface area (Å²) in [4.78, 5) is 20.3. The second-order valence-electron chi connectivity index (χ2n) is 8.53. The van der Waals surface area contributed by atoms with Crippen LogP contribution in [0.2, 0.25) is 0 Å². The normalized spacial score (nSPS) is 14.9. The molecule has 6 nitrogen and oxygen atoms in total. The van der Waals surface area contributed by atoms with Crippen LogP contribution in [0.1, 0.15) is 33.4 Å². The van der Waals surface area contributed by atoms with E-state index in [9.17, 15) is 13.6 Å². The van der Waals surface area contributed by atoms with Gasteiger partial charge in [0.2, 0.25) is 11.7 Å². The van der Waals surface area contributed by atoms with Crippen molar-refractivity contribution < 1.29 is 18.1 Å². The fourth-order valence-corrected chi connectivity index (χ4v) is 4.51. The first kappa shape index (κ1) is 23.0. The Morgan fingerprint density at radius 3 is 2.06 bits per heavy atom. The summed E-state index contributed by atoms with van der Waals surface area (Å²) >= 11 is 0. The van der Waals surface area contributed by atoms with Gasteiger partial charge in [-0.1, -0.05) is 53.7 Å². The van der Waals surface area contributed by atoms with Gasteiger partial charge in [0.15, 0.2) is 6.29 Å². The van der Waals surface area contributed by atoms with Crippen LogP contribution in [0.15, 0.2) is 77.3 Å². The number of aldehydes is 1. The molecule has 0 atom stereocenters. The van der Waals surface area contributed by atoms with Crippen molar-refractivity contribution in [1.82, 2.24) is 19.9 Å². The van der Waals surface area contributed by atoms with Crippen molar-refractivity contribution in [1.29, 1.82) is 0 Å². The molecule has 5 rings (SSSR count). The molecule has 0 unspecified atom stereocenters. The summed E-state index contributed by atoms with van der Waals surface area (Å²) in [6.07, 6.45) is 0.781. The first-order valence-electron chi connectivity index (χ1n) is 11.5. The zero-order valence-electron chi connectivity index (χ0n) is 19.0. The molecule has 0 aliphatic carbocycles. The molecule has 0 bridgehead atoms. The highest BCUT2D eigenvalue weighted by molar-refractivity contribution is 5.85. The fourth-order valence-electron chi connectivity index (χ4n) is 4.51. The molecule has 0 radical (unpaired) electrons. The lowest BCUT2D eigenvalue weighted by Crippen LogP contribution is -2.47. The van der Waals surface area contributed by atoms with Crippen LogP contribution in [0.4, 0.5) is 8.78 Å². The maximum Gasteiger partial charge on any atom is 0.241 e. The van der Waals surface area contributed by atoms with Gasteiger partial charge in [-0.3, -0.25) is 14.6 Å². The van der Waals surface area contributed by atoms with Crippen LogP contribution < -0.4 is 0 Å². The molecule has 1 fully saturated rings. The van der Waals surface area contributed by atoms with Gasteiger partial charge in [-0.2, -0.15) is 4.98 Å². The van der Waals surface area contributed by atoms with Crippen LogP contribution in [0.25, 0.3) is 11.4 Å². The third-order valence-electron chi connectivity index (χ3n) is 6.30. The average molecular weight is 475 g/mol. The summed E-state index contributed by atoms with van der Waals surface area (Å²) in [6, 6.07) is 20.0. The summed E-state index contributed by atoms with van der Waals surface area (Å²) in [6.45, 7) is 3.55. The quantitative estimate of drug-likeness (QED) is 0.361. The molecule has 4 aromatic rings. The standard InChI is InChI=1S/C27H24F2N4O2/c28-22-9-5-19(6-10-22)26(20-7-11-23(29)12-8-20)33-15-13-32(14-16-33)17-25-30-27(31-35-25)24-4-2-1-3-21(24)18-34/h1-12,18,26H,13-17H2. The molecule has 178 valence electrons. The number of carbonyl (C=O) groups excluding carboxylic acids is 1. The topological polar surface area (TPSA) is 62.5 Å². The minimum atomic E-state index is -0.286. The molecule has 8 heteroatoms. The number of halogens is 2. The SMILES string of the molecule is O=Cc1ccccc1-c1noc(CN2CCN(C(c3ccc(F)cc3)c3ccc(F)cc3)CC2)n1. The van der Waals surface area contributed by atoms with Crippen LogP contribution in [0.5, 0.6) is 0 Å². The summed E-state index contributed by atoms with van der Waals surface area (Å²) in [5.74, 6) is 0.314. The highest BCUT2D eigenvalue weighted by atomic mass is 19.1. The number of aromatic nitrogens is 2. The first-order valence-corrected chi connectivity index (χ1v) is 11.5. The Morgan fingerprint density at radius 2 is 1.46 bits per heavy atom. The molecule has 35 heavy (non-hydrogen) atoms. The number of benzene rings is 3. The van der Waals surface area contributed by atoms with E-state index in [2.05, 4.69) is 19.9 Å². The lowest BCUT2D eigenvalue weighted by atomic mass is 9.96.